The maximum absolute atomic E-state index is 13.9. The van der Waals surface area contributed by atoms with Crippen molar-refractivity contribution < 1.29 is 39.9 Å². The molecule has 0 unspecified atom stereocenters. The predicted molar refractivity (Wildman–Crippen MR) is 119 cm³/mol. The Balaban J connectivity index is 1.68. The summed E-state index contributed by atoms with van der Waals surface area (Å²) in [5.41, 5.74) is -4.08. The molecule has 38 heavy (non-hydrogen) atoms. The zero-order valence-electron chi connectivity index (χ0n) is 18.7. The van der Waals surface area contributed by atoms with E-state index in [-0.39, 0.29) is 31.6 Å². The number of thiophene rings is 1. The first-order chi connectivity index (χ1) is 17.6. The smallest absolute Gasteiger partial charge is 0.346 e. The first kappa shape index (κ1) is 27.5. The first-order valence-corrected chi connectivity index (χ1v) is 11.4. The number of halogens is 9. The van der Waals surface area contributed by atoms with Gasteiger partial charge < -0.3 is 5.32 Å². The number of alkyl halides is 8. The van der Waals surface area contributed by atoms with E-state index in [0.717, 1.165) is 30.8 Å². The number of hydrogen-bond donors (Lipinski definition) is 1. The molecule has 0 aliphatic heterocycles. The van der Waals surface area contributed by atoms with Gasteiger partial charge in [0.05, 0.1) is 24.0 Å². The minimum absolute atomic E-state index is 0.0369. The molecule has 4 rings (SSSR count). The third-order valence-electron chi connectivity index (χ3n) is 5.13. The number of aryl methyl sites for hydroxylation is 1. The van der Waals surface area contributed by atoms with E-state index in [1.807, 2.05) is 0 Å². The highest BCUT2D eigenvalue weighted by atomic mass is 35.5. The summed E-state index contributed by atoms with van der Waals surface area (Å²) in [5.74, 6) is -7.62. The Kier molecular flexibility index (Phi) is 6.98. The molecule has 7 nitrogen and oxygen atoms in total. The number of hydrogen-bond acceptors (Lipinski definition) is 5. The summed E-state index contributed by atoms with van der Waals surface area (Å²) in [6, 6.07) is 6.43. The van der Waals surface area contributed by atoms with E-state index in [1.54, 1.807) is 18.2 Å². The molecule has 4 aromatic rings. The first-order valence-electron chi connectivity index (χ1n) is 10.2. The standard InChI is InChI=1S/C21H13ClF8N6OS/c1-35-18(14(20(25,26)27)15(34-35)19(23,24)21(28,29)30)36-9-10(7-33-36)13-6-12(16(22)38-13)17(37)32-8-11-4-2-3-5-31-11/h2-7,9H,8H2,1H3,(H,32,37). The average molecular weight is 585 g/mol. The lowest BCUT2D eigenvalue weighted by molar-refractivity contribution is -0.292. The van der Waals surface area contributed by atoms with E-state index in [9.17, 15) is 39.9 Å². The molecule has 0 atom stereocenters. The molecule has 0 aliphatic rings. The van der Waals surface area contributed by atoms with Gasteiger partial charge in [-0.2, -0.15) is 45.3 Å². The van der Waals surface area contributed by atoms with Gasteiger partial charge in [0, 0.05) is 29.9 Å². The molecule has 0 saturated heterocycles. The Bertz CT molecular complexity index is 1480. The molecule has 0 saturated carbocycles. The van der Waals surface area contributed by atoms with Crippen molar-refractivity contribution in [1.82, 2.24) is 29.9 Å². The van der Waals surface area contributed by atoms with Crippen LogP contribution in [0.3, 0.4) is 0 Å². The molecule has 0 spiro atoms. The summed E-state index contributed by atoms with van der Waals surface area (Å²) in [4.78, 5) is 16.9. The van der Waals surface area contributed by atoms with E-state index >= 15 is 0 Å². The van der Waals surface area contributed by atoms with Crippen molar-refractivity contribution in [2.24, 2.45) is 7.05 Å². The van der Waals surface area contributed by atoms with Gasteiger partial charge in [-0.25, -0.2) is 9.36 Å². The van der Waals surface area contributed by atoms with Crippen LogP contribution in [0.2, 0.25) is 4.34 Å². The van der Waals surface area contributed by atoms with Crippen LogP contribution >= 0.6 is 22.9 Å². The van der Waals surface area contributed by atoms with Crippen molar-refractivity contribution in [2.75, 3.05) is 0 Å². The lowest BCUT2D eigenvalue weighted by Crippen LogP contribution is -2.36. The van der Waals surface area contributed by atoms with Crippen LogP contribution < -0.4 is 5.32 Å². The Morgan fingerprint density at radius 3 is 2.45 bits per heavy atom. The van der Waals surface area contributed by atoms with Gasteiger partial charge in [0.25, 0.3) is 5.91 Å². The molecule has 0 fully saturated rings. The molecule has 202 valence electrons. The van der Waals surface area contributed by atoms with Crippen LogP contribution in [0.15, 0.2) is 42.9 Å². The summed E-state index contributed by atoms with van der Waals surface area (Å²) < 4.78 is 108. The van der Waals surface area contributed by atoms with Crippen LogP contribution in [-0.2, 0) is 25.7 Å². The van der Waals surface area contributed by atoms with Crippen molar-refractivity contribution in [3.05, 3.63) is 69.7 Å². The van der Waals surface area contributed by atoms with Gasteiger partial charge in [-0.05, 0) is 18.2 Å². The zero-order chi connectivity index (χ0) is 28.0. The molecule has 4 aromatic heterocycles. The lowest BCUT2D eigenvalue weighted by Gasteiger charge is -2.19. The van der Waals surface area contributed by atoms with Gasteiger partial charge in [-0.1, -0.05) is 17.7 Å². The van der Waals surface area contributed by atoms with Crippen molar-refractivity contribution >= 4 is 28.8 Å². The van der Waals surface area contributed by atoms with Crippen molar-refractivity contribution in [3.63, 3.8) is 0 Å². The Labute approximate surface area is 216 Å². The third kappa shape index (κ3) is 5.09. The fraction of sp³-hybridized carbons (Fsp3) is 0.238. The minimum atomic E-state index is -6.32. The second-order valence-electron chi connectivity index (χ2n) is 7.72. The van der Waals surface area contributed by atoms with Gasteiger partial charge in [-0.3, -0.25) is 9.78 Å². The van der Waals surface area contributed by atoms with Gasteiger partial charge in [0.2, 0.25) is 0 Å². The summed E-state index contributed by atoms with van der Waals surface area (Å²) in [5, 5.41) is 9.16. The van der Waals surface area contributed by atoms with E-state index in [0.29, 0.717) is 10.4 Å². The van der Waals surface area contributed by atoms with E-state index in [1.165, 1.54) is 12.3 Å². The fourth-order valence-corrected chi connectivity index (χ4v) is 4.64. The second kappa shape index (κ2) is 9.65. The Hall–Kier alpha value is -3.53. The zero-order valence-corrected chi connectivity index (χ0v) is 20.3. The van der Waals surface area contributed by atoms with Gasteiger partial charge in [-0.15, -0.1) is 11.3 Å². The number of aromatic nitrogens is 5. The van der Waals surface area contributed by atoms with E-state index < -0.39 is 41.3 Å². The second-order valence-corrected chi connectivity index (χ2v) is 9.37. The van der Waals surface area contributed by atoms with Crippen LogP contribution in [0.5, 0.6) is 0 Å². The van der Waals surface area contributed by atoms with E-state index in [2.05, 4.69) is 20.5 Å². The molecular weight excluding hydrogens is 572 g/mol. The van der Waals surface area contributed by atoms with Crippen LogP contribution in [0.4, 0.5) is 35.1 Å². The molecular formula is C21H13ClF8N6OS. The highest BCUT2D eigenvalue weighted by Crippen LogP contribution is 2.49. The molecule has 17 heteroatoms. The van der Waals surface area contributed by atoms with Crippen LogP contribution in [0.25, 0.3) is 16.3 Å². The molecule has 0 aliphatic carbocycles. The van der Waals surface area contributed by atoms with Crippen LogP contribution in [0.1, 0.15) is 27.3 Å². The summed E-state index contributed by atoms with van der Waals surface area (Å²) >= 11 is 7.04. The maximum Gasteiger partial charge on any atom is 0.459 e. The van der Waals surface area contributed by atoms with Crippen LogP contribution in [-0.4, -0.2) is 36.6 Å². The van der Waals surface area contributed by atoms with Crippen molar-refractivity contribution in [3.8, 4) is 16.3 Å². The normalized spacial score (nSPS) is 12.7. The quantitative estimate of drug-likeness (QED) is 0.283. The highest BCUT2D eigenvalue weighted by molar-refractivity contribution is 7.19. The topological polar surface area (TPSA) is 77.6 Å². The number of nitrogens with one attached hydrogen (secondary N) is 1. The Morgan fingerprint density at radius 2 is 1.84 bits per heavy atom. The van der Waals surface area contributed by atoms with Gasteiger partial charge in [0.1, 0.15) is 9.90 Å². The number of pyridine rings is 1. The number of rotatable bonds is 6. The SMILES string of the molecule is Cn1nc(C(F)(F)C(F)(F)F)c(C(F)(F)F)c1-n1cc(-c2cc(C(=O)NCc3ccccn3)c(Cl)s2)cn1. The monoisotopic (exact) mass is 584 g/mol. The third-order valence-corrected chi connectivity index (χ3v) is 6.53. The van der Waals surface area contributed by atoms with Gasteiger partial charge >= 0.3 is 18.3 Å². The molecule has 1 amide bonds. The molecule has 0 radical (unpaired) electrons. The molecule has 4 heterocycles. The number of amides is 1. The maximum atomic E-state index is 13.9. The van der Waals surface area contributed by atoms with Crippen molar-refractivity contribution in [1.29, 1.82) is 0 Å². The minimum Gasteiger partial charge on any atom is -0.346 e. The summed E-state index contributed by atoms with van der Waals surface area (Å²) in [6.07, 6.45) is -8.43. The van der Waals surface area contributed by atoms with Crippen LogP contribution in [0, 0.1) is 0 Å². The predicted octanol–water partition coefficient (Wildman–Crippen LogP) is 5.99. The van der Waals surface area contributed by atoms with E-state index in [4.69, 9.17) is 11.6 Å². The molecule has 1 N–H and O–H groups in total. The summed E-state index contributed by atoms with van der Waals surface area (Å²) in [6.45, 7) is 0.0880. The number of nitrogens with zero attached hydrogens (tertiary/aromatic N) is 5. The fourth-order valence-electron chi connectivity index (χ4n) is 3.39. The lowest BCUT2D eigenvalue weighted by atomic mass is 10.1. The molecule has 0 aromatic carbocycles. The average Bonchev–Trinajstić information content (AvgIpc) is 3.53. The van der Waals surface area contributed by atoms with Gasteiger partial charge in [0.15, 0.2) is 11.5 Å². The Morgan fingerprint density at radius 1 is 1.13 bits per heavy atom. The van der Waals surface area contributed by atoms with Crippen molar-refractivity contribution in [2.45, 2.75) is 24.8 Å². The molecule has 0 bridgehead atoms. The summed E-state index contributed by atoms with van der Waals surface area (Å²) in [7, 11) is 0.772. The number of carbonyl (C=O) groups is 1. The number of carbonyl (C=O) groups excluding carboxylic acids is 1. The largest absolute Gasteiger partial charge is 0.459 e. The highest BCUT2D eigenvalue weighted by Gasteiger charge is 2.64.